The normalized spacial score (nSPS) is 11.8. The molecule has 1 atom stereocenters. The molecule has 0 aliphatic heterocycles. The number of azide groups is 1. The fourth-order valence-corrected chi connectivity index (χ4v) is 1.66. The predicted octanol–water partition coefficient (Wildman–Crippen LogP) is 2.31. The summed E-state index contributed by atoms with van der Waals surface area (Å²) in [5, 5.41) is 6.35. The largest absolute Gasteiger partial charge is 0.348 e. The highest BCUT2D eigenvalue weighted by Gasteiger charge is 2.10. The fraction of sp³-hybridized carbons (Fsp3) is 0.417. The Morgan fingerprint density at radius 1 is 1.56 bits per heavy atom. The van der Waals surface area contributed by atoms with Gasteiger partial charge in [-0.15, -0.1) is 0 Å². The van der Waals surface area contributed by atoms with E-state index in [1.54, 1.807) is 24.3 Å². The number of benzene rings is 1. The summed E-state index contributed by atoms with van der Waals surface area (Å²) < 4.78 is 0. The molecule has 0 fully saturated rings. The molecule has 0 spiro atoms. The molecule has 1 amide bonds. The van der Waals surface area contributed by atoms with Crippen LogP contribution in [0.25, 0.3) is 10.4 Å². The highest BCUT2D eigenvalue weighted by Crippen LogP contribution is 2.14. The summed E-state index contributed by atoms with van der Waals surface area (Å²) in [5.74, 6) is -0.167. The van der Waals surface area contributed by atoms with E-state index in [0.29, 0.717) is 11.3 Å². The molecule has 0 aromatic heterocycles. The second-order valence-electron chi connectivity index (χ2n) is 4.38. The van der Waals surface area contributed by atoms with Crippen molar-refractivity contribution in [1.29, 1.82) is 0 Å². The molecule has 0 saturated carbocycles. The minimum absolute atomic E-state index is 0.0515. The first kappa shape index (κ1) is 14.0. The second kappa shape index (κ2) is 6.64. The quantitative estimate of drug-likeness (QED) is 0.492. The molecule has 96 valence electrons. The molecule has 1 rings (SSSR count). The zero-order valence-corrected chi connectivity index (χ0v) is 10.8. The number of hydrogen-bond donors (Lipinski definition) is 1. The minimum atomic E-state index is -0.167. The first-order valence-corrected chi connectivity index (χ1v) is 5.63. The van der Waals surface area contributed by atoms with E-state index in [-0.39, 0.29) is 11.9 Å². The van der Waals surface area contributed by atoms with Gasteiger partial charge in [0, 0.05) is 28.7 Å². The Bertz CT molecular complexity index is 465. The number of hydrogen-bond acceptors (Lipinski definition) is 3. The van der Waals surface area contributed by atoms with Crippen molar-refractivity contribution < 1.29 is 4.79 Å². The molecule has 0 heterocycles. The van der Waals surface area contributed by atoms with Gasteiger partial charge in [-0.3, -0.25) is 4.79 Å². The van der Waals surface area contributed by atoms with Crippen molar-refractivity contribution in [1.82, 2.24) is 10.2 Å². The van der Waals surface area contributed by atoms with Crippen LogP contribution < -0.4 is 5.32 Å². The number of likely N-dealkylation sites (N-methyl/N-ethyl adjacent to an activating group) is 1. The third kappa shape index (κ3) is 4.45. The third-order valence-electron chi connectivity index (χ3n) is 2.29. The van der Waals surface area contributed by atoms with Crippen LogP contribution in [0.1, 0.15) is 17.3 Å². The molecule has 6 heteroatoms. The van der Waals surface area contributed by atoms with Crippen molar-refractivity contribution in [2.45, 2.75) is 13.0 Å². The van der Waals surface area contributed by atoms with Crippen molar-refractivity contribution in [3.63, 3.8) is 0 Å². The Balaban J connectivity index is 2.72. The maximum Gasteiger partial charge on any atom is 0.251 e. The van der Waals surface area contributed by atoms with Crippen molar-refractivity contribution in [2.75, 3.05) is 20.6 Å². The van der Waals surface area contributed by atoms with Crippen LogP contribution in [-0.2, 0) is 0 Å². The van der Waals surface area contributed by atoms with Gasteiger partial charge in [-0.1, -0.05) is 17.2 Å². The van der Waals surface area contributed by atoms with E-state index in [1.165, 1.54) is 0 Å². The topological polar surface area (TPSA) is 81.1 Å². The van der Waals surface area contributed by atoms with Gasteiger partial charge in [0.2, 0.25) is 0 Å². The first-order chi connectivity index (χ1) is 8.52. The number of carbonyl (C=O) groups excluding carboxylic acids is 1. The molecule has 1 unspecified atom stereocenters. The maximum absolute atomic E-state index is 11.9. The molecule has 1 N–H and O–H groups in total. The van der Waals surface area contributed by atoms with Crippen LogP contribution in [-0.4, -0.2) is 37.5 Å². The monoisotopic (exact) mass is 247 g/mol. The smallest absolute Gasteiger partial charge is 0.251 e. The number of carbonyl (C=O) groups is 1. The van der Waals surface area contributed by atoms with Gasteiger partial charge in [-0.2, -0.15) is 0 Å². The Labute approximate surface area is 106 Å². The van der Waals surface area contributed by atoms with E-state index in [9.17, 15) is 4.79 Å². The summed E-state index contributed by atoms with van der Waals surface area (Å²) in [6.45, 7) is 2.71. The van der Waals surface area contributed by atoms with E-state index >= 15 is 0 Å². The highest BCUT2D eigenvalue weighted by atomic mass is 16.1. The predicted molar refractivity (Wildman–Crippen MR) is 70.7 cm³/mol. The SMILES string of the molecule is CC(CN(C)C)NC(=O)c1cccc(N=[N+]=[N-])c1. The van der Waals surface area contributed by atoms with Gasteiger partial charge in [0.25, 0.3) is 5.91 Å². The zero-order chi connectivity index (χ0) is 13.5. The van der Waals surface area contributed by atoms with E-state index < -0.39 is 0 Å². The van der Waals surface area contributed by atoms with Crippen molar-refractivity contribution >= 4 is 11.6 Å². The van der Waals surface area contributed by atoms with Crippen molar-refractivity contribution in [3.8, 4) is 0 Å². The van der Waals surface area contributed by atoms with Crippen molar-refractivity contribution in [3.05, 3.63) is 40.3 Å². The summed E-state index contributed by atoms with van der Waals surface area (Å²) in [5.41, 5.74) is 9.27. The van der Waals surface area contributed by atoms with Gasteiger partial charge in [0.1, 0.15) is 0 Å². The van der Waals surface area contributed by atoms with Crippen LogP contribution in [0.15, 0.2) is 29.4 Å². The van der Waals surface area contributed by atoms with Gasteiger partial charge in [-0.25, -0.2) is 0 Å². The van der Waals surface area contributed by atoms with E-state index in [0.717, 1.165) is 6.54 Å². The lowest BCUT2D eigenvalue weighted by Gasteiger charge is -2.18. The molecule has 0 saturated heterocycles. The van der Waals surface area contributed by atoms with Crippen LogP contribution in [0.3, 0.4) is 0 Å². The molecule has 1 aromatic carbocycles. The summed E-state index contributed by atoms with van der Waals surface area (Å²) in [6.07, 6.45) is 0. The number of nitrogens with one attached hydrogen (secondary N) is 1. The molecule has 1 aromatic rings. The molecule has 0 aliphatic carbocycles. The summed E-state index contributed by atoms with van der Waals surface area (Å²) in [4.78, 5) is 16.6. The Hall–Kier alpha value is -2.04. The zero-order valence-electron chi connectivity index (χ0n) is 10.8. The van der Waals surface area contributed by atoms with Gasteiger partial charge in [0.15, 0.2) is 0 Å². The Morgan fingerprint density at radius 2 is 2.28 bits per heavy atom. The van der Waals surface area contributed by atoms with E-state index in [1.807, 2.05) is 25.9 Å². The fourth-order valence-electron chi connectivity index (χ4n) is 1.66. The van der Waals surface area contributed by atoms with Crippen LogP contribution in [0, 0.1) is 0 Å². The molecule has 0 bridgehead atoms. The Kier molecular flexibility index (Phi) is 5.17. The molecule has 18 heavy (non-hydrogen) atoms. The summed E-state index contributed by atoms with van der Waals surface area (Å²) >= 11 is 0. The lowest BCUT2D eigenvalue weighted by atomic mass is 10.2. The van der Waals surface area contributed by atoms with E-state index in [2.05, 4.69) is 15.3 Å². The van der Waals surface area contributed by atoms with Crippen LogP contribution in [0.5, 0.6) is 0 Å². The molecule has 6 nitrogen and oxygen atoms in total. The number of nitrogens with zero attached hydrogens (tertiary/aromatic N) is 4. The van der Waals surface area contributed by atoms with Crippen LogP contribution in [0.2, 0.25) is 0 Å². The highest BCUT2D eigenvalue weighted by molar-refractivity contribution is 5.95. The standard InChI is InChI=1S/C12H17N5O/c1-9(8-17(2)3)14-12(18)10-5-4-6-11(7-10)15-16-13/h4-7,9H,8H2,1-3H3,(H,14,18). The van der Waals surface area contributed by atoms with Gasteiger partial charge in [0.05, 0.1) is 0 Å². The molecule has 0 aliphatic rings. The first-order valence-electron chi connectivity index (χ1n) is 5.63. The third-order valence-corrected chi connectivity index (χ3v) is 2.29. The average Bonchev–Trinajstić information content (AvgIpc) is 2.28. The molecular weight excluding hydrogens is 230 g/mol. The molecule has 0 radical (unpaired) electrons. The number of rotatable bonds is 5. The second-order valence-corrected chi connectivity index (χ2v) is 4.38. The summed E-state index contributed by atoms with van der Waals surface area (Å²) in [7, 11) is 3.90. The summed E-state index contributed by atoms with van der Waals surface area (Å²) in [6, 6.07) is 6.65. The maximum atomic E-state index is 11.9. The molecular formula is C12H17N5O. The van der Waals surface area contributed by atoms with Crippen LogP contribution in [0.4, 0.5) is 5.69 Å². The van der Waals surface area contributed by atoms with Gasteiger partial charge >= 0.3 is 0 Å². The lowest BCUT2D eigenvalue weighted by molar-refractivity contribution is 0.0934. The Morgan fingerprint density at radius 3 is 2.89 bits per heavy atom. The number of amides is 1. The van der Waals surface area contributed by atoms with Crippen LogP contribution >= 0.6 is 0 Å². The lowest BCUT2D eigenvalue weighted by Crippen LogP contribution is -2.39. The van der Waals surface area contributed by atoms with Gasteiger partial charge < -0.3 is 10.2 Å². The average molecular weight is 247 g/mol. The van der Waals surface area contributed by atoms with Crippen molar-refractivity contribution in [2.24, 2.45) is 5.11 Å². The van der Waals surface area contributed by atoms with E-state index in [4.69, 9.17) is 5.53 Å². The van der Waals surface area contributed by atoms with Gasteiger partial charge in [-0.05, 0) is 38.7 Å². The minimum Gasteiger partial charge on any atom is -0.348 e.